The van der Waals surface area contributed by atoms with Crippen LogP contribution in [0.2, 0.25) is 0 Å². The molecule has 3 aliphatic heterocycles. The van der Waals surface area contributed by atoms with Gasteiger partial charge in [0, 0.05) is 5.92 Å². The Hall–Kier alpha value is -0.140. The van der Waals surface area contributed by atoms with Gasteiger partial charge in [0.1, 0.15) is 0 Å². The molecule has 18 heavy (non-hydrogen) atoms. The Morgan fingerprint density at radius 3 is 2.33 bits per heavy atom. The van der Waals surface area contributed by atoms with Crippen LogP contribution < -0.4 is 0 Å². The van der Waals surface area contributed by atoms with Gasteiger partial charge in [0.25, 0.3) is 0 Å². The minimum Gasteiger partial charge on any atom is -0.328 e. The smallest absolute Gasteiger partial charge is 0.229 e. The van der Waals surface area contributed by atoms with Gasteiger partial charge >= 0.3 is 0 Å². The van der Waals surface area contributed by atoms with Crippen molar-refractivity contribution in [3.8, 4) is 0 Å². The molecule has 6 unspecified atom stereocenters. The lowest BCUT2D eigenvalue weighted by Gasteiger charge is -2.24. The van der Waals surface area contributed by atoms with Gasteiger partial charge < -0.3 is 9.05 Å². The second kappa shape index (κ2) is 4.18. The van der Waals surface area contributed by atoms with E-state index < -0.39 is 14.7 Å². The molecule has 0 saturated carbocycles. The van der Waals surface area contributed by atoms with Gasteiger partial charge in [-0.05, 0) is 19.7 Å². The van der Waals surface area contributed by atoms with Gasteiger partial charge in [-0.2, -0.15) is 0 Å². The van der Waals surface area contributed by atoms with Crippen molar-refractivity contribution in [2.45, 2.75) is 30.8 Å². The minimum absolute atomic E-state index is 0.0646. The van der Waals surface area contributed by atoms with E-state index in [2.05, 4.69) is 0 Å². The average molecular weight is 288 g/mol. The molecule has 6 heteroatoms. The second-order valence-corrected chi connectivity index (χ2v) is 10.1. The summed E-state index contributed by atoms with van der Waals surface area (Å²) in [7, 11) is -5.54. The van der Waals surface area contributed by atoms with Crippen molar-refractivity contribution in [3.05, 3.63) is 24.0 Å². The zero-order valence-corrected chi connectivity index (χ0v) is 12.3. The molecular weight excluding hydrogens is 270 g/mol. The molecule has 0 amide bonds. The van der Waals surface area contributed by atoms with Crippen molar-refractivity contribution >= 4 is 14.7 Å². The van der Waals surface area contributed by atoms with Crippen molar-refractivity contribution < 1.29 is 18.2 Å². The lowest BCUT2D eigenvalue weighted by molar-refractivity contribution is 0.326. The summed E-state index contributed by atoms with van der Waals surface area (Å²) in [6, 6.07) is 0. The lowest BCUT2D eigenvalue weighted by atomic mass is 9.94. The van der Waals surface area contributed by atoms with Gasteiger partial charge in [-0.25, -0.2) is 0 Å². The molecule has 0 aromatic carbocycles. The van der Waals surface area contributed by atoms with E-state index in [-0.39, 0.29) is 22.9 Å². The van der Waals surface area contributed by atoms with E-state index >= 15 is 0 Å². The van der Waals surface area contributed by atoms with Crippen LogP contribution in [0.4, 0.5) is 0 Å². The van der Waals surface area contributed by atoms with E-state index in [0.29, 0.717) is 13.2 Å². The highest BCUT2D eigenvalue weighted by molar-refractivity contribution is 7.68. The first-order valence-electron chi connectivity index (χ1n) is 6.42. The first kappa shape index (κ1) is 12.9. The summed E-state index contributed by atoms with van der Waals surface area (Å²) in [5.74, 6) is 1.78. The van der Waals surface area contributed by atoms with Gasteiger partial charge in [0.15, 0.2) is 0 Å². The van der Waals surface area contributed by atoms with Crippen LogP contribution in [0.5, 0.6) is 0 Å². The molecule has 2 bridgehead atoms. The van der Waals surface area contributed by atoms with Crippen molar-refractivity contribution in [1.82, 2.24) is 0 Å². The van der Waals surface area contributed by atoms with E-state index in [4.69, 9.17) is 9.05 Å². The minimum atomic E-state index is -2.80. The van der Waals surface area contributed by atoms with Crippen LogP contribution >= 0.6 is 14.7 Å². The molecule has 0 aromatic rings. The van der Waals surface area contributed by atoms with E-state index in [1.165, 1.54) is 0 Å². The van der Waals surface area contributed by atoms with Crippen LogP contribution in [0.25, 0.3) is 0 Å². The highest BCUT2D eigenvalue weighted by Crippen LogP contribution is 2.80. The fraction of sp³-hybridized carbons (Fsp3) is 0.667. The largest absolute Gasteiger partial charge is 0.328 e. The predicted octanol–water partition coefficient (Wildman–Crippen LogP) is 3.45. The van der Waals surface area contributed by atoms with Gasteiger partial charge in [0.05, 0.1) is 30.2 Å². The Bertz CT molecular complexity index is 510. The zero-order chi connectivity index (χ0) is 13.0. The molecular formula is C12H18O4P2. The van der Waals surface area contributed by atoms with Crippen LogP contribution in [0.1, 0.15) is 13.8 Å². The molecule has 0 radical (unpaired) electrons. The molecule has 6 atom stereocenters. The van der Waals surface area contributed by atoms with Crippen LogP contribution in [0, 0.1) is 5.92 Å². The van der Waals surface area contributed by atoms with Crippen LogP contribution in [0.3, 0.4) is 0 Å². The Morgan fingerprint density at radius 2 is 1.67 bits per heavy atom. The summed E-state index contributed by atoms with van der Waals surface area (Å²) < 4.78 is 36.8. The van der Waals surface area contributed by atoms with Crippen LogP contribution in [0.15, 0.2) is 24.0 Å². The quantitative estimate of drug-likeness (QED) is 0.587. The van der Waals surface area contributed by atoms with E-state index in [9.17, 15) is 9.13 Å². The summed E-state index contributed by atoms with van der Waals surface area (Å²) in [5.41, 5.74) is -0.482. The van der Waals surface area contributed by atoms with Crippen LogP contribution in [-0.2, 0) is 18.2 Å². The van der Waals surface area contributed by atoms with Crippen molar-refractivity contribution in [2.24, 2.45) is 5.92 Å². The highest BCUT2D eigenvalue weighted by Gasteiger charge is 2.66. The standard InChI is InChI=1S/C12H18O4P2/c1-3-15-17(13)8-7-9-10-5-6-11(12(9)17)18(10,14)16-4-2/h5-12H,3-4H2,1-2H3. The second-order valence-electron chi connectivity index (χ2n) is 4.90. The number of fused-ring (bicyclic) bond motifs is 5. The van der Waals surface area contributed by atoms with Gasteiger partial charge in [-0.3, -0.25) is 9.13 Å². The first-order valence-corrected chi connectivity index (χ1v) is 9.95. The molecule has 1 saturated heterocycles. The third-order valence-corrected chi connectivity index (χ3v) is 10.4. The monoisotopic (exact) mass is 288 g/mol. The average Bonchev–Trinajstić information content (AvgIpc) is 2.89. The number of hydrogen-bond donors (Lipinski definition) is 0. The van der Waals surface area contributed by atoms with Gasteiger partial charge in [-0.15, -0.1) is 0 Å². The molecule has 3 rings (SSSR count). The van der Waals surface area contributed by atoms with E-state index in [1.807, 2.05) is 32.1 Å². The molecule has 1 fully saturated rings. The molecule has 0 spiro atoms. The summed E-state index contributed by atoms with van der Waals surface area (Å²) in [4.78, 5) is 0. The van der Waals surface area contributed by atoms with Crippen molar-refractivity contribution in [3.63, 3.8) is 0 Å². The Labute approximate surface area is 107 Å². The maximum atomic E-state index is 12.9. The topological polar surface area (TPSA) is 52.6 Å². The zero-order valence-electron chi connectivity index (χ0n) is 10.6. The number of hydrogen-bond acceptors (Lipinski definition) is 4. The third-order valence-electron chi connectivity index (χ3n) is 4.07. The highest BCUT2D eigenvalue weighted by atomic mass is 31.2. The van der Waals surface area contributed by atoms with Gasteiger partial charge in [-0.1, -0.05) is 18.2 Å². The Morgan fingerprint density at radius 1 is 1.00 bits per heavy atom. The fourth-order valence-electron chi connectivity index (χ4n) is 3.50. The normalized spacial score (nSPS) is 52.1. The fourth-order valence-corrected chi connectivity index (χ4v) is 10.5. The van der Waals surface area contributed by atoms with E-state index in [1.54, 1.807) is 5.82 Å². The SMILES string of the molecule is CCOP1(=O)C=CC2C1C1C=CC2P1(=O)OCC. The summed E-state index contributed by atoms with van der Waals surface area (Å²) >= 11 is 0. The maximum Gasteiger partial charge on any atom is 0.229 e. The molecule has 100 valence electrons. The third kappa shape index (κ3) is 1.47. The Kier molecular flexibility index (Phi) is 2.99. The molecule has 3 heterocycles. The molecule has 0 aromatic heterocycles. The number of rotatable bonds is 4. The predicted molar refractivity (Wildman–Crippen MR) is 71.6 cm³/mol. The van der Waals surface area contributed by atoms with Gasteiger partial charge in [0.2, 0.25) is 14.7 Å². The van der Waals surface area contributed by atoms with E-state index in [0.717, 1.165) is 0 Å². The molecule has 0 aliphatic carbocycles. The molecule has 4 nitrogen and oxygen atoms in total. The summed E-state index contributed by atoms with van der Waals surface area (Å²) in [6.45, 7) is 4.55. The van der Waals surface area contributed by atoms with Crippen molar-refractivity contribution in [1.29, 1.82) is 0 Å². The molecule has 0 N–H and O–H groups in total. The lowest BCUT2D eigenvalue weighted by Crippen LogP contribution is -2.25. The molecule has 3 aliphatic rings. The summed E-state index contributed by atoms with van der Waals surface area (Å²) in [5, 5.41) is 0. The van der Waals surface area contributed by atoms with Crippen LogP contribution in [-0.4, -0.2) is 30.2 Å². The Balaban J connectivity index is 1.99. The maximum absolute atomic E-state index is 12.9. The number of allylic oxidation sites excluding steroid dienone is 3. The summed E-state index contributed by atoms with van der Waals surface area (Å²) in [6.07, 6.45) is 5.84. The van der Waals surface area contributed by atoms with Crippen molar-refractivity contribution in [2.75, 3.05) is 13.2 Å². The first-order chi connectivity index (χ1) is 8.57.